The van der Waals surface area contributed by atoms with Crippen LogP contribution in [0.15, 0.2) is 18.2 Å². The summed E-state index contributed by atoms with van der Waals surface area (Å²) in [6.45, 7) is 2.22. The molecule has 108 valence electrons. The molecule has 1 unspecified atom stereocenters. The Bertz CT molecular complexity index is 406. The van der Waals surface area contributed by atoms with E-state index < -0.39 is 23.7 Å². The van der Waals surface area contributed by atoms with E-state index in [4.69, 9.17) is 0 Å². The van der Waals surface area contributed by atoms with E-state index in [0.29, 0.717) is 25.5 Å². The minimum atomic E-state index is -4.57. The third-order valence-electron chi connectivity index (χ3n) is 2.82. The van der Waals surface area contributed by atoms with Gasteiger partial charge in [-0.2, -0.15) is 13.2 Å². The lowest BCUT2D eigenvalue weighted by Crippen LogP contribution is -2.21. The number of hydrogen-bond donors (Lipinski definition) is 2. The lowest BCUT2D eigenvalue weighted by molar-refractivity contribution is -0.138. The van der Waals surface area contributed by atoms with Crippen LogP contribution in [0.4, 0.5) is 17.6 Å². The van der Waals surface area contributed by atoms with Crippen molar-refractivity contribution in [2.24, 2.45) is 0 Å². The molecule has 1 aromatic carbocycles. The smallest absolute Gasteiger partial charge is 0.393 e. The molecule has 0 saturated carbocycles. The first-order valence-corrected chi connectivity index (χ1v) is 6.09. The van der Waals surface area contributed by atoms with Crippen molar-refractivity contribution in [3.8, 4) is 0 Å². The maximum absolute atomic E-state index is 12.9. The molecule has 0 radical (unpaired) electrons. The van der Waals surface area contributed by atoms with E-state index in [1.54, 1.807) is 0 Å². The minimum Gasteiger partial charge on any atom is -0.393 e. The van der Waals surface area contributed by atoms with Crippen LogP contribution < -0.4 is 5.32 Å². The molecule has 19 heavy (non-hydrogen) atoms. The largest absolute Gasteiger partial charge is 0.416 e. The Morgan fingerprint density at radius 2 is 2.00 bits per heavy atom. The van der Waals surface area contributed by atoms with Gasteiger partial charge in [0.1, 0.15) is 5.82 Å². The van der Waals surface area contributed by atoms with Gasteiger partial charge in [0.25, 0.3) is 0 Å². The van der Waals surface area contributed by atoms with Crippen molar-refractivity contribution in [1.82, 2.24) is 5.32 Å². The fraction of sp³-hybridized carbons (Fsp3) is 0.538. The molecule has 0 aliphatic carbocycles. The van der Waals surface area contributed by atoms with Gasteiger partial charge in [-0.1, -0.05) is 13.0 Å². The quantitative estimate of drug-likeness (QED) is 0.619. The molecule has 0 bridgehead atoms. The normalized spacial score (nSPS) is 13.6. The Morgan fingerprint density at radius 1 is 1.32 bits per heavy atom. The first-order chi connectivity index (χ1) is 8.84. The maximum Gasteiger partial charge on any atom is 0.416 e. The van der Waals surface area contributed by atoms with E-state index in [9.17, 15) is 22.7 Å². The van der Waals surface area contributed by atoms with Gasteiger partial charge in [0.2, 0.25) is 0 Å². The molecule has 1 atom stereocenters. The van der Waals surface area contributed by atoms with Gasteiger partial charge in [0.15, 0.2) is 0 Å². The molecule has 0 spiro atoms. The Kier molecular flexibility index (Phi) is 5.75. The molecule has 0 aromatic heterocycles. The summed E-state index contributed by atoms with van der Waals surface area (Å²) in [6, 6.07) is 2.63. The minimum absolute atomic E-state index is 0.000103. The molecule has 0 aliphatic heterocycles. The van der Waals surface area contributed by atoms with Crippen molar-refractivity contribution >= 4 is 0 Å². The van der Waals surface area contributed by atoms with Crippen LogP contribution in [-0.4, -0.2) is 17.8 Å². The van der Waals surface area contributed by atoms with Crippen LogP contribution in [-0.2, 0) is 12.7 Å². The number of aliphatic hydroxyl groups is 1. The number of alkyl halides is 3. The van der Waals surface area contributed by atoms with Gasteiger partial charge in [-0.25, -0.2) is 4.39 Å². The van der Waals surface area contributed by atoms with Crippen molar-refractivity contribution in [3.05, 3.63) is 35.1 Å². The number of benzene rings is 1. The standard InChI is InChI=1S/C13H17F4NO/c1-2-11(19)5-6-18-8-9-3-4-10(14)7-12(9)13(15,16)17/h3-4,7,11,18-19H,2,5-6,8H2,1H3. The lowest BCUT2D eigenvalue weighted by atomic mass is 10.1. The van der Waals surface area contributed by atoms with Crippen LogP contribution >= 0.6 is 0 Å². The summed E-state index contributed by atoms with van der Waals surface area (Å²) in [5.74, 6) is -0.905. The van der Waals surface area contributed by atoms with Crippen molar-refractivity contribution in [3.63, 3.8) is 0 Å². The molecule has 0 amide bonds. The third kappa shape index (κ3) is 5.16. The Balaban J connectivity index is 2.63. The van der Waals surface area contributed by atoms with E-state index in [2.05, 4.69) is 5.32 Å². The zero-order valence-electron chi connectivity index (χ0n) is 10.6. The lowest BCUT2D eigenvalue weighted by Gasteiger charge is -2.14. The third-order valence-corrected chi connectivity index (χ3v) is 2.82. The van der Waals surface area contributed by atoms with Crippen molar-refractivity contribution in [1.29, 1.82) is 0 Å². The van der Waals surface area contributed by atoms with E-state index in [-0.39, 0.29) is 12.1 Å². The van der Waals surface area contributed by atoms with Gasteiger partial charge < -0.3 is 10.4 Å². The van der Waals surface area contributed by atoms with E-state index in [0.717, 1.165) is 12.1 Å². The molecule has 1 aromatic rings. The summed E-state index contributed by atoms with van der Waals surface area (Å²) in [6.07, 6.45) is -3.95. The number of rotatable bonds is 6. The topological polar surface area (TPSA) is 32.3 Å². The summed E-state index contributed by atoms with van der Waals surface area (Å²) in [7, 11) is 0. The molecule has 2 nitrogen and oxygen atoms in total. The number of aliphatic hydroxyl groups excluding tert-OH is 1. The monoisotopic (exact) mass is 279 g/mol. The van der Waals surface area contributed by atoms with Crippen LogP contribution in [0.2, 0.25) is 0 Å². The Labute approximate surface area is 109 Å². The van der Waals surface area contributed by atoms with Crippen LogP contribution in [0.1, 0.15) is 30.9 Å². The van der Waals surface area contributed by atoms with Gasteiger partial charge in [-0.3, -0.25) is 0 Å². The Hall–Kier alpha value is -1.14. The highest BCUT2D eigenvalue weighted by atomic mass is 19.4. The van der Waals surface area contributed by atoms with E-state index in [1.807, 2.05) is 6.92 Å². The first-order valence-electron chi connectivity index (χ1n) is 6.09. The molecule has 2 N–H and O–H groups in total. The van der Waals surface area contributed by atoms with Crippen LogP contribution in [0, 0.1) is 5.82 Å². The molecule has 1 rings (SSSR count). The summed E-state index contributed by atoms with van der Waals surface area (Å²) >= 11 is 0. The Morgan fingerprint density at radius 3 is 2.58 bits per heavy atom. The fourth-order valence-electron chi connectivity index (χ4n) is 1.66. The van der Waals surface area contributed by atoms with Crippen LogP contribution in [0.25, 0.3) is 0 Å². The van der Waals surface area contributed by atoms with E-state index in [1.165, 1.54) is 0 Å². The average molecular weight is 279 g/mol. The second-order valence-electron chi connectivity index (χ2n) is 4.33. The molecule has 0 heterocycles. The average Bonchev–Trinajstić information content (AvgIpc) is 2.34. The number of hydrogen-bond acceptors (Lipinski definition) is 2. The summed E-state index contributed by atoms with van der Waals surface area (Å²) in [4.78, 5) is 0. The highest BCUT2D eigenvalue weighted by Gasteiger charge is 2.33. The van der Waals surface area contributed by atoms with Crippen LogP contribution in [0.5, 0.6) is 0 Å². The van der Waals surface area contributed by atoms with E-state index >= 15 is 0 Å². The van der Waals surface area contributed by atoms with Crippen molar-refractivity contribution in [2.45, 2.75) is 38.6 Å². The summed E-state index contributed by atoms with van der Waals surface area (Å²) < 4.78 is 50.9. The fourth-order valence-corrected chi connectivity index (χ4v) is 1.66. The van der Waals surface area contributed by atoms with Gasteiger partial charge in [-0.05, 0) is 37.1 Å². The highest BCUT2D eigenvalue weighted by molar-refractivity contribution is 5.30. The molecule has 0 fully saturated rings. The maximum atomic E-state index is 12.9. The van der Waals surface area contributed by atoms with Crippen molar-refractivity contribution < 1.29 is 22.7 Å². The summed E-state index contributed by atoms with van der Waals surface area (Å²) in [5, 5.41) is 12.1. The predicted octanol–water partition coefficient (Wildman–Crippen LogP) is 3.10. The predicted molar refractivity (Wildman–Crippen MR) is 64.0 cm³/mol. The number of nitrogens with one attached hydrogen (secondary N) is 1. The van der Waals surface area contributed by atoms with Gasteiger partial charge in [-0.15, -0.1) is 0 Å². The van der Waals surface area contributed by atoms with Gasteiger partial charge in [0.05, 0.1) is 11.7 Å². The molecular weight excluding hydrogens is 262 g/mol. The zero-order valence-corrected chi connectivity index (χ0v) is 10.6. The second-order valence-corrected chi connectivity index (χ2v) is 4.33. The van der Waals surface area contributed by atoms with Crippen molar-refractivity contribution in [2.75, 3.05) is 6.54 Å². The second kappa shape index (κ2) is 6.86. The van der Waals surface area contributed by atoms with Crippen LogP contribution in [0.3, 0.4) is 0 Å². The highest BCUT2D eigenvalue weighted by Crippen LogP contribution is 2.32. The summed E-state index contributed by atoms with van der Waals surface area (Å²) in [5.41, 5.74) is -0.962. The van der Waals surface area contributed by atoms with Gasteiger partial charge in [0, 0.05) is 6.54 Å². The molecule has 0 aliphatic rings. The SMILES string of the molecule is CCC(O)CCNCc1ccc(F)cc1C(F)(F)F. The first kappa shape index (κ1) is 15.9. The van der Waals surface area contributed by atoms with Gasteiger partial charge >= 0.3 is 6.18 Å². The number of halogens is 4. The molecule has 6 heteroatoms. The molecular formula is C13H17F4NO. The molecule has 0 saturated heterocycles. The zero-order chi connectivity index (χ0) is 14.5.